The summed E-state index contributed by atoms with van der Waals surface area (Å²) in [5.41, 5.74) is 0. The van der Waals surface area contributed by atoms with Crippen LogP contribution in [0, 0.1) is 12.7 Å². The summed E-state index contributed by atoms with van der Waals surface area (Å²) in [4.78, 5) is 3.68. The number of halogens is 2. The number of imidazole rings is 1. The maximum atomic E-state index is 13.1. The fraction of sp³-hybridized carbons (Fsp3) is 0.250. The van der Waals surface area contributed by atoms with Gasteiger partial charge in [-0.25, -0.2) is 17.8 Å². The molecule has 2 rings (SSSR count). The summed E-state index contributed by atoms with van der Waals surface area (Å²) in [5.74, 6) is 0.152. The fourth-order valence-electron chi connectivity index (χ4n) is 1.69. The highest BCUT2D eigenvalue weighted by molar-refractivity contribution is 8.13. The van der Waals surface area contributed by atoms with Crippen LogP contribution in [0.2, 0.25) is 0 Å². The summed E-state index contributed by atoms with van der Waals surface area (Å²) in [5, 5.41) is 0. The van der Waals surface area contributed by atoms with Gasteiger partial charge in [0.1, 0.15) is 28.9 Å². The first-order valence-corrected chi connectivity index (χ1v) is 8.03. The second-order valence-electron chi connectivity index (χ2n) is 4.05. The number of rotatable bonds is 5. The Morgan fingerprint density at radius 3 is 2.80 bits per heavy atom. The molecule has 0 radical (unpaired) electrons. The van der Waals surface area contributed by atoms with Gasteiger partial charge in [0.2, 0.25) is 0 Å². The molecule has 0 saturated carbocycles. The lowest BCUT2D eigenvalue weighted by atomic mass is 10.3. The molecular formula is C12H12ClFN2O3S. The molecular weight excluding hydrogens is 307 g/mol. The summed E-state index contributed by atoms with van der Waals surface area (Å²) >= 11 is 0. The van der Waals surface area contributed by atoms with Crippen LogP contribution < -0.4 is 4.74 Å². The second kappa shape index (κ2) is 5.80. The highest BCUT2D eigenvalue weighted by Gasteiger charge is 2.18. The largest absolute Gasteiger partial charge is 0.490 e. The number of benzene rings is 1. The molecule has 0 aliphatic heterocycles. The molecule has 0 atom stereocenters. The molecule has 2 aromatic rings. The van der Waals surface area contributed by atoms with Crippen LogP contribution in [0.4, 0.5) is 4.39 Å². The van der Waals surface area contributed by atoms with Crippen molar-refractivity contribution in [1.82, 2.24) is 9.55 Å². The minimum Gasteiger partial charge on any atom is -0.490 e. The van der Waals surface area contributed by atoms with E-state index in [1.807, 2.05) is 11.5 Å². The smallest absolute Gasteiger partial charge is 0.265 e. The Balaban J connectivity index is 2.12. The predicted molar refractivity (Wildman–Crippen MR) is 71.9 cm³/mol. The predicted octanol–water partition coefficient (Wildman–Crippen LogP) is 2.34. The summed E-state index contributed by atoms with van der Waals surface area (Å²) in [7, 11) is 1.19. The second-order valence-corrected chi connectivity index (χ2v) is 6.58. The minimum absolute atomic E-state index is 0.0270. The molecule has 0 saturated heterocycles. The van der Waals surface area contributed by atoms with Gasteiger partial charge in [0, 0.05) is 23.1 Å². The van der Waals surface area contributed by atoms with Crippen molar-refractivity contribution in [2.45, 2.75) is 18.4 Å². The van der Waals surface area contributed by atoms with Crippen LogP contribution in [0.1, 0.15) is 5.82 Å². The van der Waals surface area contributed by atoms with Crippen molar-refractivity contribution in [3.8, 4) is 5.75 Å². The molecule has 20 heavy (non-hydrogen) atoms. The molecule has 0 N–H and O–H groups in total. The summed E-state index contributed by atoms with van der Waals surface area (Å²) in [6.07, 6.45) is 3.43. The molecule has 1 aromatic heterocycles. The topological polar surface area (TPSA) is 61.2 Å². The first-order chi connectivity index (χ1) is 9.38. The van der Waals surface area contributed by atoms with Gasteiger partial charge in [0.25, 0.3) is 9.05 Å². The Morgan fingerprint density at radius 2 is 2.20 bits per heavy atom. The van der Waals surface area contributed by atoms with Gasteiger partial charge in [-0.05, 0) is 25.1 Å². The number of nitrogens with zero attached hydrogens (tertiary/aromatic N) is 2. The molecule has 5 nitrogen and oxygen atoms in total. The van der Waals surface area contributed by atoms with Crippen LogP contribution in [-0.2, 0) is 15.6 Å². The Morgan fingerprint density at radius 1 is 1.45 bits per heavy atom. The van der Waals surface area contributed by atoms with Gasteiger partial charge in [-0.3, -0.25) is 0 Å². The number of aromatic nitrogens is 2. The number of ether oxygens (including phenoxy) is 1. The van der Waals surface area contributed by atoms with E-state index in [4.69, 9.17) is 15.4 Å². The maximum Gasteiger partial charge on any atom is 0.265 e. The Bertz CT molecular complexity index is 715. The molecule has 1 heterocycles. The fourth-order valence-corrected chi connectivity index (χ4v) is 2.67. The Labute approximate surface area is 120 Å². The van der Waals surface area contributed by atoms with Crippen molar-refractivity contribution in [2.24, 2.45) is 0 Å². The van der Waals surface area contributed by atoms with Gasteiger partial charge in [-0.15, -0.1) is 0 Å². The quantitative estimate of drug-likeness (QED) is 0.794. The van der Waals surface area contributed by atoms with E-state index in [9.17, 15) is 12.8 Å². The van der Waals surface area contributed by atoms with E-state index in [-0.39, 0.29) is 17.3 Å². The molecule has 1 aromatic carbocycles. The van der Waals surface area contributed by atoms with Crippen LogP contribution >= 0.6 is 10.7 Å². The van der Waals surface area contributed by atoms with Gasteiger partial charge in [0.05, 0.1) is 6.54 Å². The summed E-state index contributed by atoms with van der Waals surface area (Å²) in [6, 6.07) is 3.19. The minimum atomic E-state index is -4.06. The Hall–Kier alpha value is -1.60. The zero-order valence-corrected chi connectivity index (χ0v) is 12.2. The van der Waals surface area contributed by atoms with Crippen LogP contribution in [0.5, 0.6) is 5.75 Å². The van der Waals surface area contributed by atoms with E-state index in [0.29, 0.717) is 6.54 Å². The van der Waals surface area contributed by atoms with Crippen molar-refractivity contribution >= 4 is 19.7 Å². The van der Waals surface area contributed by atoms with Crippen LogP contribution in [-0.4, -0.2) is 24.6 Å². The lowest BCUT2D eigenvalue weighted by Gasteiger charge is -2.10. The van der Waals surface area contributed by atoms with Crippen molar-refractivity contribution in [3.63, 3.8) is 0 Å². The van der Waals surface area contributed by atoms with E-state index >= 15 is 0 Å². The SMILES string of the molecule is Cc1nccn1CCOc1ccc(F)cc1S(=O)(=O)Cl. The number of hydrogen-bond acceptors (Lipinski definition) is 4. The van der Waals surface area contributed by atoms with Gasteiger partial charge in [-0.1, -0.05) is 0 Å². The first-order valence-electron chi connectivity index (χ1n) is 5.72. The van der Waals surface area contributed by atoms with Gasteiger partial charge < -0.3 is 9.30 Å². The zero-order valence-electron chi connectivity index (χ0n) is 10.6. The van der Waals surface area contributed by atoms with E-state index in [0.717, 1.165) is 18.0 Å². The average molecular weight is 319 g/mol. The van der Waals surface area contributed by atoms with Gasteiger partial charge >= 0.3 is 0 Å². The third kappa shape index (κ3) is 3.49. The highest BCUT2D eigenvalue weighted by atomic mass is 35.7. The van der Waals surface area contributed by atoms with Crippen molar-refractivity contribution in [1.29, 1.82) is 0 Å². The third-order valence-corrected chi connectivity index (χ3v) is 4.02. The average Bonchev–Trinajstić information content (AvgIpc) is 2.76. The van der Waals surface area contributed by atoms with Crippen LogP contribution in [0.25, 0.3) is 0 Å². The maximum absolute atomic E-state index is 13.1. The first kappa shape index (κ1) is 14.8. The molecule has 8 heteroatoms. The molecule has 0 aliphatic rings. The molecule has 0 unspecified atom stereocenters. The number of aryl methyl sites for hydroxylation is 1. The summed E-state index contributed by atoms with van der Waals surface area (Å²) < 4.78 is 43.0. The van der Waals surface area contributed by atoms with Crippen LogP contribution in [0.15, 0.2) is 35.5 Å². The van der Waals surface area contributed by atoms with Crippen molar-refractivity contribution in [2.75, 3.05) is 6.61 Å². The standard InChI is InChI=1S/C12H12ClFN2O3S/c1-9-15-4-5-16(9)6-7-19-11-3-2-10(14)8-12(11)20(13,17)18/h2-5,8H,6-7H2,1H3. The van der Waals surface area contributed by atoms with Crippen LogP contribution in [0.3, 0.4) is 0 Å². The van der Waals surface area contributed by atoms with Crippen molar-refractivity contribution < 1.29 is 17.5 Å². The molecule has 0 spiro atoms. The van der Waals surface area contributed by atoms with Gasteiger partial charge in [-0.2, -0.15) is 0 Å². The number of hydrogen-bond donors (Lipinski definition) is 0. The monoisotopic (exact) mass is 318 g/mol. The van der Waals surface area contributed by atoms with E-state index in [1.54, 1.807) is 12.4 Å². The molecule has 0 amide bonds. The van der Waals surface area contributed by atoms with E-state index < -0.39 is 14.9 Å². The zero-order chi connectivity index (χ0) is 14.8. The van der Waals surface area contributed by atoms with Gasteiger partial charge in [0.15, 0.2) is 0 Å². The summed E-state index contributed by atoms with van der Waals surface area (Å²) in [6.45, 7) is 2.54. The molecule has 0 bridgehead atoms. The lowest BCUT2D eigenvalue weighted by Crippen LogP contribution is -2.10. The Kier molecular flexibility index (Phi) is 4.29. The molecule has 0 fully saturated rings. The van der Waals surface area contributed by atoms with Crippen molar-refractivity contribution in [3.05, 3.63) is 42.2 Å². The molecule has 0 aliphatic carbocycles. The normalized spacial score (nSPS) is 11.6. The van der Waals surface area contributed by atoms with E-state index in [2.05, 4.69) is 4.98 Å². The lowest BCUT2D eigenvalue weighted by molar-refractivity contribution is 0.289. The third-order valence-electron chi connectivity index (χ3n) is 2.68. The van der Waals surface area contributed by atoms with E-state index in [1.165, 1.54) is 6.07 Å². The highest BCUT2D eigenvalue weighted by Crippen LogP contribution is 2.27. The molecule has 108 valence electrons.